The van der Waals surface area contributed by atoms with E-state index in [4.69, 9.17) is 0 Å². The molecule has 26 heavy (non-hydrogen) atoms. The maximum absolute atomic E-state index is 4.56. The van der Waals surface area contributed by atoms with Gasteiger partial charge in [0, 0.05) is 16.8 Å². The van der Waals surface area contributed by atoms with Gasteiger partial charge >= 0.3 is 0 Å². The Morgan fingerprint density at radius 1 is 1.08 bits per heavy atom. The third-order valence-corrected chi connectivity index (χ3v) is 6.33. The van der Waals surface area contributed by atoms with Crippen LogP contribution in [0.3, 0.4) is 0 Å². The van der Waals surface area contributed by atoms with Crippen molar-refractivity contribution in [2.45, 2.75) is 43.6 Å². The van der Waals surface area contributed by atoms with Crippen LogP contribution in [0.2, 0.25) is 0 Å². The fourth-order valence-corrected chi connectivity index (χ4v) is 4.84. The number of piperidine rings is 1. The number of likely N-dealkylation sites (tertiary alicyclic amines) is 1. The molecule has 0 atom stereocenters. The van der Waals surface area contributed by atoms with Crippen molar-refractivity contribution in [3.8, 4) is 5.69 Å². The minimum Gasteiger partial charge on any atom is -0.296 e. The number of para-hydroxylation sites is 1. The van der Waals surface area contributed by atoms with Crippen molar-refractivity contribution in [1.29, 1.82) is 0 Å². The molecule has 4 rings (SSSR count). The highest BCUT2D eigenvalue weighted by Crippen LogP contribution is 2.26. The smallest absolute Gasteiger partial charge is 0.196 e. The summed E-state index contributed by atoms with van der Waals surface area (Å²) in [6.07, 6.45) is 3.91. The maximum Gasteiger partial charge on any atom is 0.196 e. The molecule has 1 aliphatic heterocycles. The molecule has 2 aromatic heterocycles. The van der Waals surface area contributed by atoms with Gasteiger partial charge in [0.15, 0.2) is 11.0 Å². The molecule has 1 aliphatic rings. The summed E-state index contributed by atoms with van der Waals surface area (Å²) < 4.78 is 2.21. The van der Waals surface area contributed by atoms with E-state index in [-0.39, 0.29) is 0 Å². The highest BCUT2D eigenvalue weighted by Gasteiger charge is 2.19. The second-order valence-electron chi connectivity index (χ2n) is 6.55. The third-order valence-electron chi connectivity index (χ3n) is 4.54. The van der Waals surface area contributed by atoms with Crippen LogP contribution in [0.1, 0.15) is 35.8 Å². The van der Waals surface area contributed by atoms with Gasteiger partial charge in [-0.1, -0.05) is 36.4 Å². The van der Waals surface area contributed by atoms with Crippen molar-refractivity contribution in [3.63, 3.8) is 0 Å². The highest BCUT2D eigenvalue weighted by molar-refractivity contribution is 7.98. The fourth-order valence-electron chi connectivity index (χ4n) is 3.26. The molecule has 136 valence electrons. The summed E-state index contributed by atoms with van der Waals surface area (Å²) in [6.45, 7) is 5.21. The molecule has 7 heteroatoms. The van der Waals surface area contributed by atoms with E-state index in [1.54, 1.807) is 23.1 Å². The first-order valence-corrected chi connectivity index (χ1v) is 10.9. The summed E-state index contributed by atoms with van der Waals surface area (Å²) in [5.41, 5.74) is 2.24. The topological polar surface area (TPSA) is 46.8 Å². The van der Waals surface area contributed by atoms with Crippen LogP contribution < -0.4 is 0 Å². The summed E-state index contributed by atoms with van der Waals surface area (Å²) in [4.78, 5) is 7.05. The Hall–Kier alpha value is -1.70. The Labute approximate surface area is 162 Å². The zero-order valence-electron chi connectivity index (χ0n) is 15.0. The standard InChI is InChI=1S/C19H23N5S2/c1-15-20-16(13-25-15)14-26-19-22-21-18(12-23-10-6-3-7-11-23)24(19)17-8-4-2-5-9-17/h2,4-5,8-9,13H,3,6-7,10-12,14H2,1H3. The van der Waals surface area contributed by atoms with Crippen LogP contribution in [0.25, 0.3) is 5.69 Å². The molecular formula is C19H23N5S2. The van der Waals surface area contributed by atoms with Crippen LogP contribution in [-0.2, 0) is 12.3 Å². The van der Waals surface area contributed by atoms with Gasteiger partial charge < -0.3 is 0 Å². The zero-order chi connectivity index (χ0) is 17.8. The first-order chi connectivity index (χ1) is 12.8. The van der Waals surface area contributed by atoms with E-state index < -0.39 is 0 Å². The number of thioether (sulfide) groups is 1. The Kier molecular flexibility index (Phi) is 5.67. The van der Waals surface area contributed by atoms with Gasteiger partial charge in [0.1, 0.15) is 0 Å². The number of aromatic nitrogens is 4. The summed E-state index contributed by atoms with van der Waals surface area (Å²) in [5, 5.41) is 13.2. The molecule has 5 nitrogen and oxygen atoms in total. The van der Waals surface area contributed by atoms with Crippen LogP contribution in [0.5, 0.6) is 0 Å². The SMILES string of the molecule is Cc1nc(CSc2nnc(CN3CCCCC3)n2-c2ccccc2)cs1. The summed E-state index contributed by atoms with van der Waals surface area (Å²) >= 11 is 3.40. The molecule has 1 fully saturated rings. The normalized spacial score (nSPS) is 15.4. The second-order valence-corrected chi connectivity index (χ2v) is 8.56. The van der Waals surface area contributed by atoms with Gasteiger partial charge in [-0.15, -0.1) is 21.5 Å². The van der Waals surface area contributed by atoms with Crippen molar-refractivity contribution in [2.24, 2.45) is 0 Å². The molecule has 0 unspecified atom stereocenters. The average Bonchev–Trinajstić information content (AvgIpc) is 3.27. The van der Waals surface area contributed by atoms with Crippen LogP contribution in [0.15, 0.2) is 40.9 Å². The lowest BCUT2D eigenvalue weighted by Gasteiger charge is -2.26. The molecule has 3 heterocycles. The van der Waals surface area contributed by atoms with E-state index in [0.29, 0.717) is 0 Å². The van der Waals surface area contributed by atoms with E-state index in [0.717, 1.165) is 52.8 Å². The molecule has 1 saturated heterocycles. The van der Waals surface area contributed by atoms with Crippen molar-refractivity contribution in [1.82, 2.24) is 24.6 Å². The predicted molar refractivity (Wildman–Crippen MR) is 107 cm³/mol. The fraction of sp³-hybridized carbons (Fsp3) is 0.421. The van der Waals surface area contributed by atoms with Gasteiger partial charge in [-0.3, -0.25) is 9.47 Å². The molecule has 0 aliphatic carbocycles. The van der Waals surface area contributed by atoms with Gasteiger partial charge in [-0.25, -0.2) is 4.98 Å². The molecule has 0 saturated carbocycles. The van der Waals surface area contributed by atoms with Crippen molar-refractivity contribution in [2.75, 3.05) is 13.1 Å². The monoisotopic (exact) mass is 385 g/mol. The van der Waals surface area contributed by atoms with E-state index in [1.165, 1.54) is 19.3 Å². The quantitative estimate of drug-likeness (QED) is 0.592. The number of nitrogens with zero attached hydrogens (tertiary/aromatic N) is 5. The Morgan fingerprint density at radius 3 is 2.62 bits per heavy atom. The lowest BCUT2D eigenvalue weighted by atomic mass is 10.1. The van der Waals surface area contributed by atoms with Gasteiger partial charge in [0.25, 0.3) is 0 Å². The van der Waals surface area contributed by atoms with E-state index in [9.17, 15) is 0 Å². The Bertz CT molecular complexity index is 837. The second kappa shape index (κ2) is 8.33. The number of benzene rings is 1. The number of rotatable bonds is 6. The number of thiazole rings is 1. The number of hydrogen-bond donors (Lipinski definition) is 0. The van der Waals surface area contributed by atoms with Crippen LogP contribution in [0, 0.1) is 6.92 Å². The third kappa shape index (κ3) is 4.16. The summed E-state index contributed by atoms with van der Waals surface area (Å²) in [7, 11) is 0. The predicted octanol–water partition coefficient (Wildman–Crippen LogP) is 4.31. The minimum atomic E-state index is 0.818. The van der Waals surface area contributed by atoms with E-state index >= 15 is 0 Å². The summed E-state index contributed by atoms with van der Waals surface area (Å²) in [6, 6.07) is 10.4. The van der Waals surface area contributed by atoms with Crippen molar-refractivity contribution < 1.29 is 0 Å². The molecular weight excluding hydrogens is 362 g/mol. The minimum absolute atomic E-state index is 0.818. The lowest BCUT2D eigenvalue weighted by Crippen LogP contribution is -2.30. The van der Waals surface area contributed by atoms with Crippen molar-refractivity contribution >= 4 is 23.1 Å². The Balaban J connectivity index is 1.58. The summed E-state index contributed by atoms with van der Waals surface area (Å²) in [5.74, 6) is 1.84. The first-order valence-electron chi connectivity index (χ1n) is 9.05. The first kappa shape index (κ1) is 17.7. The van der Waals surface area contributed by atoms with Gasteiger partial charge in [-0.05, 0) is 45.0 Å². The van der Waals surface area contributed by atoms with Crippen LogP contribution >= 0.6 is 23.1 Å². The van der Waals surface area contributed by atoms with Crippen molar-refractivity contribution in [3.05, 3.63) is 52.2 Å². The van der Waals surface area contributed by atoms with E-state index in [2.05, 4.69) is 54.3 Å². The molecule has 0 N–H and O–H groups in total. The van der Waals surface area contributed by atoms with E-state index in [1.807, 2.05) is 13.0 Å². The van der Waals surface area contributed by atoms with Crippen LogP contribution in [-0.4, -0.2) is 37.7 Å². The molecule has 0 spiro atoms. The molecule has 1 aromatic carbocycles. The van der Waals surface area contributed by atoms with Gasteiger partial charge in [0.2, 0.25) is 0 Å². The zero-order valence-corrected chi connectivity index (χ0v) is 16.6. The Morgan fingerprint density at radius 2 is 1.88 bits per heavy atom. The number of aryl methyl sites for hydroxylation is 1. The largest absolute Gasteiger partial charge is 0.296 e. The average molecular weight is 386 g/mol. The van der Waals surface area contributed by atoms with Gasteiger partial charge in [0.05, 0.1) is 17.2 Å². The molecule has 0 radical (unpaired) electrons. The molecule has 0 bridgehead atoms. The van der Waals surface area contributed by atoms with Gasteiger partial charge in [-0.2, -0.15) is 0 Å². The number of hydrogen-bond acceptors (Lipinski definition) is 6. The van der Waals surface area contributed by atoms with Crippen LogP contribution in [0.4, 0.5) is 0 Å². The molecule has 3 aromatic rings. The molecule has 0 amide bonds. The highest BCUT2D eigenvalue weighted by atomic mass is 32.2. The maximum atomic E-state index is 4.56. The lowest BCUT2D eigenvalue weighted by molar-refractivity contribution is 0.214.